The normalized spacial score (nSPS) is 13.4. The van der Waals surface area contributed by atoms with Gasteiger partial charge in [-0.15, -0.1) is 0 Å². The maximum Gasteiger partial charge on any atom is 0.326 e. The molecule has 0 heterocycles. The first-order valence-corrected chi connectivity index (χ1v) is 10.3. The zero-order valence-electron chi connectivity index (χ0n) is 17.8. The van der Waals surface area contributed by atoms with Crippen LogP contribution in [0.25, 0.3) is 0 Å². The predicted octanol–water partition coefficient (Wildman–Crippen LogP) is 0.424. The molecule has 0 aromatic heterocycles. The van der Waals surface area contributed by atoms with E-state index in [-0.39, 0.29) is 31.4 Å². The molecule has 0 aliphatic rings. The van der Waals surface area contributed by atoms with Gasteiger partial charge in [0.1, 0.15) is 17.8 Å². The molecule has 7 N–H and O–H groups in total. The average Bonchev–Trinajstić information content (AvgIpc) is 2.78. The number of carboxylic acid groups (broad SMARTS) is 2. The van der Waals surface area contributed by atoms with Crippen LogP contribution in [0.1, 0.15) is 24.0 Å². The number of carbonyl (C=O) groups is 4. The maximum atomic E-state index is 13.0. The van der Waals surface area contributed by atoms with Crippen LogP contribution in [-0.4, -0.2) is 57.2 Å². The summed E-state index contributed by atoms with van der Waals surface area (Å²) in [6, 6.07) is 11.2. The van der Waals surface area contributed by atoms with Crippen LogP contribution in [0, 0.1) is 0 Å². The van der Waals surface area contributed by atoms with Gasteiger partial charge in [-0.1, -0.05) is 42.5 Å². The van der Waals surface area contributed by atoms with E-state index in [0.29, 0.717) is 5.56 Å². The third-order valence-corrected chi connectivity index (χ3v) is 4.91. The molecule has 0 aliphatic carbocycles. The van der Waals surface area contributed by atoms with Crippen LogP contribution in [0.2, 0.25) is 0 Å². The van der Waals surface area contributed by atoms with Crippen LogP contribution in [0.4, 0.5) is 0 Å². The number of phenols is 1. The molecule has 33 heavy (non-hydrogen) atoms. The standard InChI is InChI=1S/C23H27N3O7/c24-17(10-11-20(28)29)21(30)25-18(12-14-4-2-1-3-5-14)22(31)26-19(23(32)33)13-15-6-8-16(27)9-7-15/h1-9,17-19,27H,10-13,24H2,(H,25,30)(H,26,31)(H,28,29)(H,32,33). The molecule has 2 amide bonds. The van der Waals surface area contributed by atoms with Gasteiger partial charge in [0.05, 0.1) is 6.04 Å². The summed E-state index contributed by atoms with van der Waals surface area (Å²) in [7, 11) is 0. The Hall–Kier alpha value is -3.92. The first kappa shape index (κ1) is 25.3. The summed E-state index contributed by atoms with van der Waals surface area (Å²) in [5.41, 5.74) is 7.06. The van der Waals surface area contributed by atoms with E-state index in [4.69, 9.17) is 10.8 Å². The molecule has 0 bridgehead atoms. The van der Waals surface area contributed by atoms with Gasteiger partial charge in [-0.05, 0) is 29.7 Å². The summed E-state index contributed by atoms with van der Waals surface area (Å²) in [4.78, 5) is 47.9. The van der Waals surface area contributed by atoms with Crippen LogP contribution >= 0.6 is 0 Å². The minimum atomic E-state index is -1.28. The molecule has 10 heteroatoms. The van der Waals surface area contributed by atoms with Gasteiger partial charge in [-0.3, -0.25) is 14.4 Å². The fourth-order valence-electron chi connectivity index (χ4n) is 3.09. The molecular formula is C23H27N3O7. The quantitative estimate of drug-likeness (QED) is 0.265. The average molecular weight is 457 g/mol. The number of benzene rings is 2. The van der Waals surface area contributed by atoms with E-state index in [1.165, 1.54) is 12.1 Å². The molecule has 0 aliphatic heterocycles. The zero-order chi connectivity index (χ0) is 24.4. The van der Waals surface area contributed by atoms with Crippen molar-refractivity contribution in [3.8, 4) is 5.75 Å². The zero-order valence-corrected chi connectivity index (χ0v) is 17.8. The van der Waals surface area contributed by atoms with Crippen LogP contribution < -0.4 is 16.4 Å². The van der Waals surface area contributed by atoms with Gasteiger partial charge >= 0.3 is 11.9 Å². The largest absolute Gasteiger partial charge is 0.508 e. The predicted molar refractivity (Wildman–Crippen MR) is 118 cm³/mol. The number of hydrogen-bond donors (Lipinski definition) is 6. The van der Waals surface area contributed by atoms with Gasteiger partial charge in [0.2, 0.25) is 11.8 Å². The number of amides is 2. The van der Waals surface area contributed by atoms with E-state index in [1.807, 2.05) is 0 Å². The SMILES string of the molecule is NC(CCC(=O)O)C(=O)NC(Cc1ccccc1)C(=O)NC(Cc1ccc(O)cc1)C(=O)O. The summed E-state index contributed by atoms with van der Waals surface area (Å²) in [6.07, 6.45) is -0.377. The van der Waals surface area contributed by atoms with E-state index >= 15 is 0 Å². The maximum absolute atomic E-state index is 13.0. The molecule has 176 valence electrons. The molecule has 0 radical (unpaired) electrons. The van der Waals surface area contributed by atoms with Crippen molar-refractivity contribution in [1.82, 2.24) is 10.6 Å². The lowest BCUT2D eigenvalue weighted by molar-refractivity contribution is -0.142. The molecule has 0 spiro atoms. The number of phenolic OH excluding ortho intramolecular Hbond substituents is 1. The number of nitrogens with two attached hydrogens (primary N) is 1. The third kappa shape index (κ3) is 8.62. The number of aliphatic carboxylic acids is 2. The Morgan fingerprint density at radius 1 is 0.788 bits per heavy atom. The molecule has 3 unspecified atom stereocenters. The third-order valence-electron chi connectivity index (χ3n) is 4.91. The molecule has 0 fully saturated rings. The molecule has 2 aromatic rings. The topological polar surface area (TPSA) is 179 Å². The van der Waals surface area contributed by atoms with Crippen molar-refractivity contribution in [3.63, 3.8) is 0 Å². The Morgan fingerprint density at radius 3 is 1.91 bits per heavy atom. The van der Waals surface area contributed by atoms with Crippen molar-refractivity contribution in [2.45, 2.75) is 43.8 Å². The van der Waals surface area contributed by atoms with E-state index in [9.17, 15) is 29.4 Å². The molecule has 3 atom stereocenters. The Kier molecular flexibility index (Phi) is 9.37. The van der Waals surface area contributed by atoms with Gasteiger partial charge in [0, 0.05) is 19.3 Å². The minimum Gasteiger partial charge on any atom is -0.508 e. The number of carbonyl (C=O) groups excluding carboxylic acids is 2. The number of rotatable bonds is 12. The van der Waals surface area contributed by atoms with Crippen LogP contribution in [0.3, 0.4) is 0 Å². The van der Waals surface area contributed by atoms with E-state index in [1.54, 1.807) is 42.5 Å². The number of nitrogens with one attached hydrogen (secondary N) is 2. The first-order valence-electron chi connectivity index (χ1n) is 10.3. The van der Waals surface area contributed by atoms with E-state index in [2.05, 4.69) is 10.6 Å². The monoisotopic (exact) mass is 457 g/mol. The summed E-state index contributed by atoms with van der Waals surface area (Å²) in [5, 5.41) is 32.7. The van der Waals surface area contributed by atoms with Crippen LogP contribution in [0.5, 0.6) is 5.75 Å². The lowest BCUT2D eigenvalue weighted by Crippen LogP contribution is -2.55. The second-order valence-electron chi connectivity index (χ2n) is 7.56. The van der Waals surface area contributed by atoms with Gasteiger partial charge in [-0.2, -0.15) is 0 Å². The minimum absolute atomic E-state index is 0.0273. The lowest BCUT2D eigenvalue weighted by Gasteiger charge is -2.23. The van der Waals surface area contributed by atoms with Gasteiger partial charge in [-0.25, -0.2) is 4.79 Å². The molecule has 10 nitrogen and oxygen atoms in total. The van der Waals surface area contributed by atoms with E-state index in [0.717, 1.165) is 5.56 Å². The highest BCUT2D eigenvalue weighted by molar-refractivity contribution is 5.92. The van der Waals surface area contributed by atoms with Crippen molar-refractivity contribution in [2.75, 3.05) is 0 Å². The molecular weight excluding hydrogens is 430 g/mol. The fraction of sp³-hybridized carbons (Fsp3) is 0.304. The number of hydrogen-bond acceptors (Lipinski definition) is 6. The summed E-state index contributed by atoms with van der Waals surface area (Å²) >= 11 is 0. The van der Waals surface area contributed by atoms with Crippen molar-refractivity contribution in [2.24, 2.45) is 5.73 Å². The number of aromatic hydroxyl groups is 1. The van der Waals surface area contributed by atoms with Crippen molar-refractivity contribution < 1.29 is 34.5 Å². The van der Waals surface area contributed by atoms with Gasteiger partial charge in [0.15, 0.2) is 0 Å². The molecule has 0 saturated heterocycles. The second-order valence-corrected chi connectivity index (χ2v) is 7.56. The van der Waals surface area contributed by atoms with Crippen molar-refractivity contribution in [3.05, 3.63) is 65.7 Å². The highest BCUT2D eigenvalue weighted by Crippen LogP contribution is 2.12. The summed E-state index contributed by atoms with van der Waals surface area (Å²) in [6.45, 7) is 0. The Balaban J connectivity index is 2.14. The fourth-order valence-corrected chi connectivity index (χ4v) is 3.09. The highest BCUT2D eigenvalue weighted by Gasteiger charge is 2.28. The second kappa shape index (κ2) is 12.2. The van der Waals surface area contributed by atoms with Crippen LogP contribution in [0.15, 0.2) is 54.6 Å². The van der Waals surface area contributed by atoms with Gasteiger partial charge < -0.3 is 31.7 Å². The Labute approximate surface area is 190 Å². The van der Waals surface area contributed by atoms with Crippen LogP contribution in [-0.2, 0) is 32.0 Å². The highest BCUT2D eigenvalue weighted by atomic mass is 16.4. The van der Waals surface area contributed by atoms with E-state index < -0.39 is 41.9 Å². The smallest absolute Gasteiger partial charge is 0.326 e. The Bertz CT molecular complexity index is 964. The van der Waals surface area contributed by atoms with Crippen molar-refractivity contribution in [1.29, 1.82) is 0 Å². The molecule has 0 saturated carbocycles. The summed E-state index contributed by atoms with van der Waals surface area (Å²) in [5.74, 6) is -3.77. The van der Waals surface area contributed by atoms with Crippen molar-refractivity contribution >= 4 is 23.8 Å². The number of carboxylic acids is 2. The Morgan fingerprint density at radius 2 is 1.33 bits per heavy atom. The molecule has 2 rings (SSSR count). The molecule has 2 aromatic carbocycles. The summed E-state index contributed by atoms with van der Waals surface area (Å²) < 4.78 is 0. The lowest BCUT2D eigenvalue weighted by atomic mass is 10.0. The first-order chi connectivity index (χ1) is 15.7. The van der Waals surface area contributed by atoms with Gasteiger partial charge in [0.25, 0.3) is 0 Å².